The number of carbonyl (C=O) groups excluding carboxylic acids is 1. The lowest BCUT2D eigenvalue weighted by Gasteiger charge is -2.22. The standard InChI is InChI=1S/C11H10F3N3O2/c12-11(13,14)6-5-7(18)17-9(15-6)16-8(19)10(17)3-1-2-4-10/h5H,1-4H2,(H,15,16,19). The van der Waals surface area contributed by atoms with E-state index in [-0.39, 0.29) is 5.95 Å². The molecule has 0 atom stereocenters. The van der Waals surface area contributed by atoms with Crippen LogP contribution in [-0.4, -0.2) is 15.5 Å². The first-order chi connectivity index (χ1) is 8.84. The molecule has 0 aromatic carbocycles. The Kier molecular flexibility index (Phi) is 2.30. The third kappa shape index (κ3) is 1.58. The Morgan fingerprint density at radius 3 is 2.47 bits per heavy atom. The number of carbonyl (C=O) groups is 1. The van der Waals surface area contributed by atoms with E-state index in [1.165, 1.54) is 0 Å². The van der Waals surface area contributed by atoms with Gasteiger partial charge < -0.3 is 0 Å². The number of nitrogens with one attached hydrogen (secondary N) is 1. The van der Waals surface area contributed by atoms with Gasteiger partial charge in [-0.1, -0.05) is 12.8 Å². The van der Waals surface area contributed by atoms with Crippen LogP contribution in [0.15, 0.2) is 10.9 Å². The number of rotatable bonds is 0. The van der Waals surface area contributed by atoms with Gasteiger partial charge in [-0.2, -0.15) is 13.2 Å². The summed E-state index contributed by atoms with van der Waals surface area (Å²) in [5.74, 6) is -0.736. The van der Waals surface area contributed by atoms with Gasteiger partial charge in [-0.3, -0.25) is 19.5 Å². The Hall–Kier alpha value is -1.86. The fourth-order valence-corrected chi connectivity index (χ4v) is 2.85. The van der Waals surface area contributed by atoms with Crippen LogP contribution in [-0.2, 0) is 16.5 Å². The fraction of sp³-hybridized carbons (Fsp3) is 0.545. The van der Waals surface area contributed by atoms with Gasteiger partial charge >= 0.3 is 6.18 Å². The molecule has 1 aliphatic carbocycles. The number of aromatic nitrogens is 2. The van der Waals surface area contributed by atoms with E-state index in [0.29, 0.717) is 18.9 Å². The number of hydrogen-bond donors (Lipinski definition) is 1. The molecule has 1 amide bonds. The highest BCUT2D eigenvalue weighted by Gasteiger charge is 2.50. The summed E-state index contributed by atoms with van der Waals surface area (Å²) in [5.41, 5.74) is -3.15. The van der Waals surface area contributed by atoms with E-state index >= 15 is 0 Å². The third-order valence-electron chi connectivity index (χ3n) is 3.72. The van der Waals surface area contributed by atoms with Crippen molar-refractivity contribution in [2.75, 3.05) is 5.32 Å². The van der Waals surface area contributed by atoms with Crippen LogP contribution >= 0.6 is 0 Å². The quantitative estimate of drug-likeness (QED) is 0.778. The van der Waals surface area contributed by atoms with Crippen LogP contribution in [0.25, 0.3) is 0 Å². The molecule has 102 valence electrons. The summed E-state index contributed by atoms with van der Waals surface area (Å²) in [7, 11) is 0. The molecule has 0 saturated heterocycles. The van der Waals surface area contributed by atoms with Crippen LogP contribution in [0.3, 0.4) is 0 Å². The lowest BCUT2D eigenvalue weighted by atomic mass is 9.97. The molecule has 1 saturated carbocycles. The molecule has 19 heavy (non-hydrogen) atoms. The van der Waals surface area contributed by atoms with Crippen molar-refractivity contribution in [1.29, 1.82) is 0 Å². The number of hydrogen-bond acceptors (Lipinski definition) is 3. The van der Waals surface area contributed by atoms with E-state index in [1.807, 2.05) is 0 Å². The van der Waals surface area contributed by atoms with E-state index in [4.69, 9.17) is 0 Å². The minimum Gasteiger partial charge on any atom is -0.294 e. The lowest BCUT2D eigenvalue weighted by Crippen LogP contribution is -2.41. The maximum absolute atomic E-state index is 12.6. The zero-order valence-corrected chi connectivity index (χ0v) is 9.75. The minimum absolute atomic E-state index is 0.299. The van der Waals surface area contributed by atoms with E-state index < -0.39 is 28.9 Å². The van der Waals surface area contributed by atoms with Gasteiger partial charge in [0.05, 0.1) is 0 Å². The fourth-order valence-electron chi connectivity index (χ4n) is 2.85. The molecule has 0 unspecified atom stereocenters. The molecule has 1 fully saturated rings. The highest BCUT2D eigenvalue weighted by atomic mass is 19.4. The van der Waals surface area contributed by atoms with Gasteiger partial charge in [-0.05, 0) is 12.8 Å². The summed E-state index contributed by atoms with van der Waals surface area (Å²) in [4.78, 5) is 27.3. The zero-order valence-electron chi connectivity index (χ0n) is 9.75. The molecule has 0 radical (unpaired) electrons. The van der Waals surface area contributed by atoms with Crippen LogP contribution in [0.2, 0.25) is 0 Å². The van der Waals surface area contributed by atoms with Crippen molar-refractivity contribution in [3.63, 3.8) is 0 Å². The van der Waals surface area contributed by atoms with Gasteiger partial charge in [-0.15, -0.1) is 0 Å². The SMILES string of the molecule is O=C1Nc2nc(C(F)(F)F)cc(=O)n2C12CCCC2. The molecule has 2 heterocycles. The second-order valence-electron chi connectivity index (χ2n) is 4.83. The number of fused-ring (bicyclic) bond motifs is 2. The molecule has 0 bridgehead atoms. The highest BCUT2D eigenvalue weighted by Crippen LogP contribution is 2.42. The van der Waals surface area contributed by atoms with Crippen molar-refractivity contribution in [2.45, 2.75) is 37.4 Å². The molecule has 5 nitrogen and oxygen atoms in total. The number of nitrogens with zero attached hydrogens (tertiary/aromatic N) is 2. The van der Waals surface area contributed by atoms with Crippen molar-refractivity contribution in [3.05, 3.63) is 22.1 Å². The third-order valence-corrected chi connectivity index (χ3v) is 3.72. The number of halogens is 3. The van der Waals surface area contributed by atoms with Crippen molar-refractivity contribution in [1.82, 2.24) is 9.55 Å². The smallest absolute Gasteiger partial charge is 0.294 e. The van der Waals surface area contributed by atoms with Crippen molar-refractivity contribution in [2.24, 2.45) is 0 Å². The average molecular weight is 273 g/mol. The molecule has 1 aliphatic heterocycles. The average Bonchev–Trinajstić information content (AvgIpc) is 2.86. The van der Waals surface area contributed by atoms with Gasteiger partial charge in [0.15, 0.2) is 5.69 Å². The van der Waals surface area contributed by atoms with Crippen LogP contribution in [0.1, 0.15) is 31.4 Å². The first-order valence-corrected chi connectivity index (χ1v) is 5.88. The Morgan fingerprint density at radius 2 is 1.89 bits per heavy atom. The summed E-state index contributed by atoms with van der Waals surface area (Å²) in [6.07, 6.45) is -2.26. The highest BCUT2D eigenvalue weighted by molar-refractivity contribution is 5.99. The Balaban J connectivity index is 2.21. The predicted molar refractivity (Wildman–Crippen MR) is 58.6 cm³/mol. The lowest BCUT2D eigenvalue weighted by molar-refractivity contribution is -0.141. The Morgan fingerprint density at radius 1 is 1.26 bits per heavy atom. The van der Waals surface area contributed by atoms with Gasteiger partial charge in [0, 0.05) is 6.07 Å². The van der Waals surface area contributed by atoms with E-state index in [0.717, 1.165) is 17.4 Å². The molecule has 2 aliphatic rings. The molecule has 1 aromatic heterocycles. The maximum atomic E-state index is 12.6. The van der Waals surface area contributed by atoms with Gasteiger partial charge in [0.25, 0.3) is 11.5 Å². The molecule has 1 N–H and O–H groups in total. The van der Waals surface area contributed by atoms with Crippen molar-refractivity contribution < 1.29 is 18.0 Å². The van der Waals surface area contributed by atoms with Crippen LogP contribution in [0.5, 0.6) is 0 Å². The second-order valence-corrected chi connectivity index (χ2v) is 4.83. The first kappa shape index (κ1) is 12.2. The number of alkyl halides is 3. The van der Waals surface area contributed by atoms with Gasteiger partial charge in [0.2, 0.25) is 5.95 Å². The molecule has 3 rings (SSSR count). The summed E-state index contributed by atoms with van der Waals surface area (Å²) in [5, 5.41) is 2.30. The monoisotopic (exact) mass is 273 g/mol. The normalized spacial score (nSPS) is 20.7. The summed E-state index contributed by atoms with van der Waals surface area (Å²) < 4.78 is 38.8. The first-order valence-electron chi connectivity index (χ1n) is 5.88. The van der Waals surface area contributed by atoms with E-state index in [2.05, 4.69) is 10.3 Å². The molecule has 1 spiro atoms. The second kappa shape index (κ2) is 3.58. The van der Waals surface area contributed by atoms with Gasteiger partial charge in [-0.25, -0.2) is 4.98 Å². The Bertz CT molecular complexity index is 615. The van der Waals surface area contributed by atoms with Crippen LogP contribution in [0.4, 0.5) is 19.1 Å². The van der Waals surface area contributed by atoms with Crippen molar-refractivity contribution >= 4 is 11.9 Å². The van der Waals surface area contributed by atoms with Crippen LogP contribution < -0.4 is 10.9 Å². The molecular formula is C11H10F3N3O2. The summed E-state index contributed by atoms with van der Waals surface area (Å²) >= 11 is 0. The van der Waals surface area contributed by atoms with Crippen LogP contribution in [0, 0.1) is 0 Å². The molecule has 1 aromatic rings. The maximum Gasteiger partial charge on any atom is 0.433 e. The summed E-state index contributed by atoms with van der Waals surface area (Å²) in [6, 6.07) is 0.448. The zero-order chi connectivity index (χ0) is 13.8. The summed E-state index contributed by atoms with van der Waals surface area (Å²) in [6.45, 7) is 0. The van der Waals surface area contributed by atoms with Gasteiger partial charge in [0.1, 0.15) is 5.54 Å². The van der Waals surface area contributed by atoms with E-state index in [9.17, 15) is 22.8 Å². The largest absolute Gasteiger partial charge is 0.433 e. The number of amides is 1. The van der Waals surface area contributed by atoms with Crippen molar-refractivity contribution in [3.8, 4) is 0 Å². The Labute approximate surface area is 105 Å². The minimum atomic E-state index is -4.70. The molecular weight excluding hydrogens is 263 g/mol. The molecule has 8 heteroatoms. The predicted octanol–water partition coefficient (Wildman–Crippen LogP) is 1.48. The topological polar surface area (TPSA) is 64.0 Å². The number of anilines is 1. The van der Waals surface area contributed by atoms with E-state index in [1.54, 1.807) is 0 Å².